The van der Waals surface area contributed by atoms with Gasteiger partial charge >= 0.3 is 0 Å². The van der Waals surface area contributed by atoms with Crippen molar-refractivity contribution in [3.05, 3.63) is 28.2 Å². The molecule has 110 valence electrons. The van der Waals surface area contributed by atoms with Crippen molar-refractivity contribution in [2.75, 3.05) is 0 Å². The number of benzene rings is 2. The van der Waals surface area contributed by atoms with Gasteiger partial charge in [0.2, 0.25) is 0 Å². The molecular weight excluding hydrogens is 678 g/mol. The molecule has 0 fully saturated rings. The molecule has 0 spiro atoms. The maximum absolute atomic E-state index is 4.51. The molecule has 0 atom stereocenters. The van der Waals surface area contributed by atoms with Crippen molar-refractivity contribution >= 4 is 123 Å². The molecule has 4 rings (SSSR count). The minimum Gasteiger partial charge on any atom is -0.172 e. The third-order valence-corrected chi connectivity index (χ3v) is 7.11. The Balaban J connectivity index is 2.21. The second-order valence-electron chi connectivity index (χ2n) is 4.35. The second-order valence-corrected chi connectivity index (χ2v) is 9.44. The Kier molecular flexibility index (Phi) is 4.43. The standard InChI is InChI=1S/C12H2Br2I2N4S2/c13-3-1-5(15)7(11-9(3)17-21-19-11)8-6(16)2-4(14)10-12(8)20-22-18-10/h1-2H. The minimum absolute atomic E-state index is 0.885. The topological polar surface area (TPSA) is 51.6 Å². The third kappa shape index (κ3) is 2.44. The first kappa shape index (κ1) is 16.0. The van der Waals surface area contributed by atoms with E-state index in [2.05, 4.69) is 107 Å². The van der Waals surface area contributed by atoms with Crippen LogP contribution < -0.4 is 0 Å². The monoisotopic (exact) mass is 678 g/mol. The van der Waals surface area contributed by atoms with Gasteiger partial charge in [-0.1, -0.05) is 0 Å². The Bertz CT molecular complexity index is 963. The van der Waals surface area contributed by atoms with Crippen LogP contribution in [0.1, 0.15) is 0 Å². The number of aromatic nitrogens is 4. The summed E-state index contributed by atoms with van der Waals surface area (Å²) in [4.78, 5) is 0. The summed E-state index contributed by atoms with van der Waals surface area (Å²) in [7, 11) is 0. The summed E-state index contributed by atoms with van der Waals surface area (Å²) in [5.41, 5.74) is 5.71. The average Bonchev–Trinajstić information content (AvgIpc) is 3.11. The lowest BCUT2D eigenvalue weighted by Crippen LogP contribution is -1.92. The molecule has 0 radical (unpaired) electrons. The molecule has 0 amide bonds. The molecule has 22 heavy (non-hydrogen) atoms. The molecule has 0 saturated heterocycles. The van der Waals surface area contributed by atoms with Crippen molar-refractivity contribution in [2.45, 2.75) is 0 Å². The number of hydrogen-bond donors (Lipinski definition) is 0. The summed E-state index contributed by atoms with van der Waals surface area (Å²) in [5.74, 6) is 0. The van der Waals surface area contributed by atoms with E-state index < -0.39 is 0 Å². The van der Waals surface area contributed by atoms with Gasteiger partial charge in [-0.15, -0.1) is 0 Å². The zero-order valence-electron chi connectivity index (χ0n) is 10.3. The Labute approximate surface area is 177 Å². The summed E-state index contributed by atoms with van der Waals surface area (Å²) in [5, 5.41) is 0. The first-order valence-electron chi connectivity index (χ1n) is 5.79. The molecule has 0 saturated carbocycles. The van der Waals surface area contributed by atoms with E-state index in [9.17, 15) is 0 Å². The normalized spacial score (nSPS) is 11.6. The molecule has 0 N–H and O–H groups in total. The van der Waals surface area contributed by atoms with Gasteiger partial charge in [0.25, 0.3) is 0 Å². The van der Waals surface area contributed by atoms with Crippen LogP contribution in [0.25, 0.3) is 33.2 Å². The summed E-state index contributed by atoms with van der Waals surface area (Å²) in [6, 6.07) is 4.15. The summed E-state index contributed by atoms with van der Waals surface area (Å²) >= 11 is 14.3. The summed E-state index contributed by atoms with van der Waals surface area (Å²) in [6.07, 6.45) is 0. The van der Waals surface area contributed by atoms with Gasteiger partial charge in [-0.3, -0.25) is 0 Å². The van der Waals surface area contributed by atoms with Crippen LogP contribution in [-0.2, 0) is 0 Å². The van der Waals surface area contributed by atoms with Crippen LogP contribution in [0.2, 0.25) is 0 Å². The summed E-state index contributed by atoms with van der Waals surface area (Å²) < 4.78 is 22.0. The van der Waals surface area contributed by atoms with Gasteiger partial charge in [0.05, 0.1) is 23.5 Å². The van der Waals surface area contributed by atoms with Crippen LogP contribution in [0.5, 0.6) is 0 Å². The Hall–Kier alpha value is 0.500. The van der Waals surface area contributed by atoms with Gasteiger partial charge in [0.15, 0.2) is 0 Å². The Morgan fingerprint density at radius 3 is 1.45 bits per heavy atom. The quantitative estimate of drug-likeness (QED) is 0.229. The van der Waals surface area contributed by atoms with E-state index in [0.717, 1.165) is 49.3 Å². The SMILES string of the molecule is Brc1cc(I)c(-c2c(I)cc(Br)c3nsnc23)c2nsnc12. The minimum atomic E-state index is 0.885. The lowest BCUT2D eigenvalue weighted by atomic mass is 10.0. The van der Waals surface area contributed by atoms with E-state index in [1.54, 1.807) is 0 Å². The van der Waals surface area contributed by atoms with Crippen molar-refractivity contribution in [2.24, 2.45) is 0 Å². The largest absolute Gasteiger partial charge is 0.172 e. The zero-order valence-corrected chi connectivity index (χ0v) is 19.4. The molecule has 2 aromatic heterocycles. The number of nitrogens with zero attached hydrogens (tertiary/aromatic N) is 4. The molecule has 0 aliphatic heterocycles. The van der Waals surface area contributed by atoms with E-state index in [1.807, 2.05) is 0 Å². The average molecular weight is 680 g/mol. The van der Waals surface area contributed by atoms with Crippen molar-refractivity contribution in [3.63, 3.8) is 0 Å². The van der Waals surface area contributed by atoms with Crippen LogP contribution in [-0.4, -0.2) is 17.5 Å². The highest BCUT2D eigenvalue weighted by Gasteiger charge is 2.22. The van der Waals surface area contributed by atoms with Crippen LogP contribution in [0.15, 0.2) is 21.1 Å². The fraction of sp³-hybridized carbons (Fsp3) is 0. The van der Waals surface area contributed by atoms with Gasteiger partial charge in [-0.2, -0.15) is 17.5 Å². The molecular formula is C12H2Br2I2N4S2. The summed E-state index contributed by atoms with van der Waals surface area (Å²) in [6.45, 7) is 0. The van der Waals surface area contributed by atoms with Gasteiger partial charge in [0, 0.05) is 27.2 Å². The van der Waals surface area contributed by atoms with Crippen LogP contribution in [0, 0.1) is 7.14 Å². The number of halogens is 4. The van der Waals surface area contributed by atoms with Crippen LogP contribution in [0.3, 0.4) is 0 Å². The van der Waals surface area contributed by atoms with Crippen LogP contribution in [0.4, 0.5) is 0 Å². The molecule has 0 aliphatic carbocycles. The molecule has 2 aromatic carbocycles. The molecule has 4 nitrogen and oxygen atoms in total. The van der Waals surface area contributed by atoms with Crippen molar-refractivity contribution < 1.29 is 0 Å². The second kappa shape index (κ2) is 6.10. The van der Waals surface area contributed by atoms with E-state index >= 15 is 0 Å². The predicted molar refractivity (Wildman–Crippen MR) is 115 cm³/mol. The van der Waals surface area contributed by atoms with Crippen molar-refractivity contribution in [1.29, 1.82) is 0 Å². The van der Waals surface area contributed by atoms with E-state index in [-0.39, 0.29) is 0 Å². The molecule has 10 heteroatoms. The van der Waals surface area contributed by atoms with Gasteiger partial charge in [0.1, 0.15) is 22.1 Å². The highest BCUT2D eigenvalue weighted by Crippen LogP contribution is 2.42. The first-order valence-corrected chi connectivity index (χ1v) is 11.0. The van der Waals surface area contributed by atoms with E-state index in [1.165, 1.54) is 23.5 Å². The maximum Gasteiger partial charge on any atom is 0.119 e. The molecule has 0 bridgehead atoms. The predicted octanol–water partition coefficient (Wildman–Crippen LogP) is 6.10. The first-order chi connectivity index (χ1) is 10.6. The lowest BCUT2D eigenvalue weighted by Gasteiger charge is -2.10. The van der Waals surface area contributed by atoms with Gasteiger partial charge < -0.3 is 0 Å². The highest BCUT2D eigenvalue weighted by atomic mass is 127. The molecule has 2 heterocycles. The lowest BCUT2D eigenvalue weighted by molar-refractivity contribution is 1.52. The van der Waals surface area contributed by atoms with E-state index in [4.69, 9.17) is 0 Å². The Morgan fingerprint density at radius 1 is 0.682 bits per heavy atom. The van der Waals surface area contributed by atoms with Crippen molar-refractivity contribution in [3.8, 4) is 11.1 Å². The van der Waals surface area contributed by atoms with Crippen LogP contribution >= 0.6 is 100 Å². The fourth-order valence-electron chi connectivity index (χ4n) is 2.22. The van der Waals surface area contributed by atoms with Gasteiger partial charge in [-0.05, 0) is 89.2 Å². The van der Waals surface area contributed by atoms with E-state index in [0.29, 0.717) is 0 Å². The Morgan fingerprint density at radius 2 is 1.05 bits per heavy atom. The number of rotatable bonds is 1. The fourth-order valence-corrected chi connectivity index (χ4v) is 7.13. The maximum atomic E-state index is 4.51. The molecule has 4 aromatic rings. The molecule has 0 aliphatic rings. The smallest absolute Gasteiger partial charge is 0.119 e. The highest BCUT2D eigenvalue weighted by molar-refractivity contribution is 14.1. The van der Waals surface area contributed by atoms with Gasteiger partial charge in [-0.25, -0.2) is 0 Å². The molecule has 0 unspecified atom stereocenters. The number of hydrogen-bond acceptors (Lipinski definition) is 6. The zero-order chi connectivity index (χ0) is 15.4. The number of fused-ring (bicyclic) bond motifs is 2. The third-order valence-electron chi connectivity index (χ3n) is 3.14. The van der Waals surface area contributed by atoms with Crippen molar-refractivity contribution in [1.82, 2.24) is 17.5 Å².